The van der Waals surface area contributed by atoms with Crippen molar-refractivity contribution in [3.8, 4) is 0 Å². The number of aromatic nitrogens is 2. The topological polar surface area (TPSA) is 90.4 Å². The number of hydrogen-bond donors (Lipinski definition) is 3. The Labute approximate surface area is 184 Å². The molecule has 0 saturated carbocycles. The zero-order chi connectivity index (χ0) is 22.8. The molecule has 0 atom stereocenters. The molecule has 3 rings (SSSR count). The van der Waals surface area contributed by atoms with Crippen LogP contribution in [-0.4, -0.2) is 39.1 Å². The van der Waals surface area contributed by atoms with E-state index in [2.05, 4.69) is 20.2 Å². The van der Waals surface area contributed by atoms with Crippen LogP contribution in [0.3, 0.4) is 0 Å². The molecule has 0 aliphatic heterocycles. The lowest BCUT2D eigenvalue weighted by atomic mass is 10.1. The molecular formula is C23H23F2N5O2. The average Bonchev–Trinajstić information content (AvgIpc) is 2.81. The molecule has 0 radical (unpaired) electrons. The molecule has 0 aliphatic rings. The third-order valence-electron chi connectivity index (χ3n) is 4.56. The normalized spacial score (nSPS) is 11.1. The Morgan fingerprint density at radius 2 is 1.53 bits per heavy atom. The monoisotopic (exact) mass is 439 g/mol. The van der Waals surface area contributed by atoms with Crippen molar-refractivity contribution in [2.45, 2.75) is 13.1 Å². The summed E-state index contributed by atoms with van der Waals surface area (Å²) in [6.45, 7) is 2.41. The third-order valence-corrected chi connectivity index (χ3v) is 4.56. The van der Waals surface area contributed by atoms with Crippen LogP contribution in [0.4, 0.5) is 14.6 Å². The number of carbonyl (C=O) groups excluding carboxylic acids is 1. The molecule has 3 aromatic rings. The van der Waals surface area contributed by atoms with Gasteiger partial charge in [-0.15, -0.1) is 0 Å². The van der Waals surface area contributed by atoms with E-state index in [0.29, 0.717) is 37.7 Å². The van der Waals surface area contributed by atoms with E-state index in [1.165, 1.54) is 42.0 Å². The summed E-state index contributed by atoms with van der Waals surface area (Å²) in [5, 5.41) is 11.7. The van der Waals surface area contributed by atoms with Crippen LogP contribution in [0.25, 0.3) is 6.08 Å². The van der Waals surface area contributed by atoms with Crippen molar-refractivity contribution < 1.29 is 18.8 Å². The fourth-order valence-corrected chi connectivity index (χ4v) is 2.97. The fourth-order valence-electron chi connectivity index (χ4n) is 2.97. The van der Waals surface area contributed by atoms with Crippen LogP contribution >= 0.6 is 0 Å². The lowest BCUT2D eigenvalue weighted by molar-refractivity contribution is -0.124. The van der Waals surface area contributed by atoms with E-state index in [0.717, 1.165) is 17.2 Å². The van der Waals surface area contributed by atoms with E-state index in [1.807, 2.05) is 0 Å². The molecule has 1 heterocycles. The molecule has 7 nitrogen and oxygen atoms in total. The van der Waals surface area contributed by atoms with Gasteiger partial charge in [-0.3, -0.25) is 19.9 Å². The Morgan fingerprint density at radius 3 is 2.03 bits per heavy atom. The van der Waals surface area contributed by atoms with Crippen molar-refractivity contribution in [3.05, 3.63) is 95.5 Å². The van der Waals surface area contributed by atoms with Gasteiger partial charge in [0, 0.05) is 32.3 Å². The molecule has 0 fully saturated rings. The van der Waals surface area contributed by atoms with Gasteiger partial charge in [0.05, 0.1) is 18.1 Å². The number of hydroxylamine groups is 1. The Morgan fingerprint density at radius 1 is 0.938 bits per heavy atom. The number of halogens is 2. The number of nitrogens with one attached hydrogen (secondary N) is 2. The molecule has 0 bridgehead atoms. The van der Waals surface area contributed by atoms with Crippen LogP contribution in [0.1, 0.15) is 16.8 Å². The van der Waals surface area contributed by atoms with E-state index in [1.54, 1.807) is 30.5 Å². The van der Waals surface area contributed by atoms with Crippen LogP contribution in [0.15, 0.2) is 67.0 Å². The van der Waals surface area contributed by atoms with E-state index < -0.39 is 5.91 Å². The lowest BCUT2D eigenvalue weighted by Gasteiger charge is -2.23. The van der Waals surface area contributed by atoms with Gasteiger partial charge in [-0.25, -0.2) is 19.2 Å². The van der Waals surface area contributed by atoms with Gasteiger partial charge < -0.3 is 5.32 Å². The first-order valence-corrected chi connectivity index (χ1v) is 9.91. The zero-order valence-electron chi connectivity index (χ0n) is 17.2. The van der Waals surface area contributed by atoms with Gasteiger partial charge in [-0.2, -0.15) is 0 Å². The molecule has 32 heavy (non-hydrogen) atoms. The standard InChI is InChI=1S/C23H23F2N5O2/c24-19-5-1-17(2-6-19)15-30(16-18-3-7-20(25)8-4-18)12-11-26-22-14-27-21(13-28-22)9-10-23(31)29-32/h1-10,13-14,32H,11-12,15-16H2,(H,26,28)(H,29,31)/b10-9+. The number of anilines is 1. The predicted octanol–water partition coefficient (Wildman–Crippen LogP) is 3.39. The van der Waals surface area contributed by atoms with Gasteiger partial charge in [0.15, 0.2) is 0 Å². The van der Waals surface area contributed by atoms with Crippen LogP contribution in [-0.2, 0) is 17.9 Å². The van der Waals surface area contributed by atoms with E-state index in [4.69, 9.17) is 5.21 Å². The third kappa shape index (κ3) is 7.53. The molecule has 0 aliphatic carbocycles. The van der Waals surface area contributed by atoms with Gasteiger partial charge in [0.2, 0.25) is 0 Å². The summed E-state index contributed by atoms with van der Waals surface area (Å²) in [7, 11) is 0. The summed E-state index contributed by atoms with van der Waals surface area (Å²) in [5.74, 6) is -0.655. The number of nitrogens with zero attached hydrogens (tertiary/aromatic N) is 3. The summed E-state index contributed by atoms with van der Waals surface area (Å²) in [5.41, 5.74) is 3.90. The van der Waals surface area contributed by atoms with Crippen molar-refractivity contribution in [2.75, 3.05) is 18.4 Å². The second-order valence-electron chi connectivity index (χ2n) is 7.03. The molecule has 1 aromatic heterocycles. The van der Waals surface area contributed by atoms with Crippen molar-refractivity contribution in [1.29, 1.82) is 0 Å². The summed E-state index contributed by atoms with van der Waals surface area (Å²) >= 11 is 0. The van der Waals surface area contributed by atoms with E-state index in [9.17, 15) is 13.6 Å². The molecule has 166 valence electrons. The molecular weight excluding hydrogens is 416 g/mol. The highest BCUT2D eigenvalue weighted by Gasteiger charge is 2.08. The van der Waals surface area contributed by atoms with Gasteiger partial charge in [0.25, 0.3) is 5.91 Å². The largest absolute Gasteiger partial charge is 0.368 e. The highest BCUT2D eigenvalue weighted by Crippen LogP contribution is 2.12. The Kier molecular flexibility index (Phi) is 8.36. The Bertz CT molecular complexity index is 978. The second-order valence-corrected chi connectivity index (χ2v) is 7.03. The number of hydrogen-bond acceptors (Lipinski definition) is 6. The first-order chi connectivity index (χ1) is 15.5. The number of carbonyl (C=O) groups is 1. The molecule has 3 N–H and O–H groups in total. The second kappa shape index (κ2) is 11.6. The van der Waals surface area contributed by atoms with Crippen LogP contribution < -0.4 is 10.8 Å². The van der Waals surface area contributed by atoms with Gasteiger partial charge in [-0.05, 0) is 41.5 Å². The lowest BCUT2D eigenvalue weighted by Crippen LogP contribution is -2.28. The number of benzene rings is 2. The molecule has 0 unspecified atom stereocenters. The molecule has 0 spiro atoms. The SMILES string of the molecule is O=C(/C=C/c1cnc(NCCN(Cc2ccc(F)cc2)Cc2ccc(F)cc2)cn1)NO. The van der Waals surface area contributed by atoms with Gasteiger partial charge >= 0.3 is 0 Å². The molecule has 0 saturated heterocycles. The van der Waals surface area contributed by atoms with Crippen LogP contribution in [0.5, 0.6) is 0 Å². The fraction of sp³-hybridized carbons (Fsp3) is 0.174. The highest BCUT2D eigenvalue weighted by atomic mass is 19.1. The zero-order valence-corrected chi connectivity index (χ0v) is 17.2. The van der Waals surface area contributed by atoms with Crippen LogP contribution in [0.2, 0.25) is 0 Å². The van der Waals surface area contributed by atoms with Crippen molar-refractivity contribution >= 4 is 17.8 Å². The quantitative estimate of drug-likeness (QED) is 0.255. The summed E-state index contributed by atoms with van der Waals surface area (Å²) in [4.78, 5) is 21.6. The number of amides is 1. The maximum absolute atomic E-state index is 13.2. The average molecular weight is 439 g/mol. The summed E-state index contributed by atoms with van der Waals surface area (Å²) in [6.07, 6.45) is 5.61. The predicted molar refractivity (Wildman–Crippen MR) is 116 cm³/mol. The minimum Gasteiger partial charge on any atom is -0.368 e. The van der Waals surface area contributed by atoms with Gasteiger partial charge in [0.1, 0.15) is 17.5 Å². The van der Waals surface area contributed by atoms with Crippen molar-refractivity contribution in [1.82, 2.24) is 20.3 Å². The Hall–Kier alpha value is -3.69. The highest BCUT2D eigenvalue weighted by molar-refractivity contribution is 5.90. The van der Waals surface area contributed by atoms with Crippen molar-refractivity contribution in [3.63, 3.8) is 0 Å². The van der Waals surface area contributed by atoms with Gasteiger partial charge in [-0.1, -0.05) is 24.3 Å². The summed E-state index contributed by atoms with van der Waals surface area (Å²) < 4.78 is 26.5. The minimum absolute atomic E-state index is 0.283. The first kappa shape index (κ1) is 23.0. The van der Waals surface area contributed by atoms with E-state index >= 15 is 0 Å². The first-order valence-electron chi connectivity index (χ1n) is 9.91. The smallest absolute Gasteiger partial charge is 0.267 e. The van der Waals surface area contributed by atoms with Crippen molar-refractivity contribution in [2.24, 2.45) is 0 Å². The number of rotatable bonds is 10. The molecule has 9 heteroatoms. The summed E-state index contributed by atoms with van der Waals surface area (Å²) in [6, 6.07) is 12.7. The van der Waals surface area contributed by atoms with Crippen LogP contribution in [0, 0.1) is 11.6 Å². The maximum atomic E-state index is 13.2. The molecule has 2 aromatic carbocycles. The maximum Gasteiger partial charge on any atom is 0.267 e. The minimum atomic E-state index is -0.656. The Balaban J connectivity index is 1.58. The van der Waals surface area contributed by atoms with E-state index in [-0.39, 0.29) is 11.6 Å². The molecule has 1 amide bonds.